The molecule has 19 heavy (non-hydrogen) atoms. The number of nitrogens with zero attached hydrogens (tertiary/aromatic N) is 2. The van der Waals surface area contributed by atoms with Crippen molar-refractivity contribution in [1.29, 1.82) is 0 Å². The zero-order valence-electron chi connectivity index (χ0n) is 10.4. The topological polar surface area (TPSA) is 70.4 Å². The predicted octanol–water partition coefficient (Wildman–Crippen LogP) is 2.16. The Morgan fingerprint density at radius 2 is 2.21 bits per heavy atom. The number of aromatic nitrogens is 2. The second-order valence-corrected chi connectivity index (χ2v) is 4.29. The van der Waals surface area contributed by atoms with Crippen LogP contribution >= 0.6 is 0 Å². The molecule has 0 spiro atoms. The molecule has 0 amide bonds. The molecule has 1 aliphatic heterocycles. The quantitative estimate of drug-likeness (QED) is 0.863. The lowest BCUT2D eigenvalue weighted by molar-refractivity contribution is 0.417. The third-order valence-electron chi connectivity index (χ3n) is 3.16. The lowest BCUT2D eigenvalue weighted by Crippen LogP contribution is -2.14. The molecule has 5 heteroatoms. The number of fused-ring (bicyclic) bond motifs is 1. The highest BCUT2D eigenvalue weighted by atomic mass is 16.3. The van der Waals surface area contributed by atoms with Gasteiger partial charge in [0.2, 0.25) is 5.88 Å². The minimum Gasteiger partial charge on any atom is -0.493 e. The van der Waals surface area contributed by atoms with Gasteiger partial charge in [0, 0.05) is 23.9 Å². The summed E-state index contributed by atoms with van der Waals surface area (Å²) < 4.78 is 1.28. The highest BCUT2D eigenvalue weighted by Gasteiger charge is 2.14. The molecule has 0 atom stereocenters. The fourth-order valence-corrected chi connectivity index (χ4v) is 2.18. The Kier molecular flexibility index (Phi) is 2.59. The van der Waals surface area contributed by atoms with Gasteiger partial charge in [0.15, 0.2) is 0 Å². The first-order valence-corrected chi connectivity index (χ1v) is 6.07. The lowest BCUT2D eigenvalue weighted by Gasteiger charge is -1.99. The summed E-state index contributed by atoms with van der Waals surface area (Å²) in [5.41, 5.74) is 2.85. The van der Waals surface area contributed by atoms with Crippen LogP contribution < -0.4 is 5.69 Å². The Labute approximate surface area is 109 Å². The molecule has 0 saturated carbocycles. The van der Waals surface area contributed by atoms with Crippen LogP contribution in [0, 0.1) is 0 Å². The average molecular weight is 255 g/mol. The van der Waals surface area contributed by atoms with Crippen molar-refractivity contribution in [3.8, 4) is 5.88 Å². The molecule has 0 unspecified atom stereocenters. The molecule has 5 nitrogen and oxygen atoms in total. The highest BCUT2D eigenvalue weighted by molar-refractivity contribution is 6.21. The Morgan fingerprint density at radius 3 is 2.95 bits per heavy atom. The second kappa shape index (κ2) is 4.28. The van der Waals surface area contributed by atoms with Gasteiger partial charge in [-0.05, 0) is 19.1 Å². The first kappa shape index (κ1) is 11.5. The molecule has 1 aliphatic rings. The van der Waals surface area contributed by atoms with Gasteiger partial charge in [-0.1, -0.05) is 18.2 Å². The van der Waals surface area contributed by atoms with Gasteiger partial charge in [-0.25, -0.2) is 4.79 Å². The smallest absolute Gasteiger partial charge is 0.328 e. The van der Waals surface area contributed by atoms with Crippen molar-refractivity contribution in [3.63, 3.8) is 0 Å². The molecule has 2 N–H and O–H groups in total. The fourth-order valence-electron chi connectivity index (χ4n) is 2.18. The molecule has 2 aromatic rings. The van der Waals surface area contributed by atoms with Crippen LogP contribution in [-0.4, -0.2) is 20.9 Å². The summed E-state index contributed by atoms with van der Waals surface area (Å²) in [6, 6.07) is 7.74. The maximum Gasteiger partial charge on any atom is 0.328 e. The van der Waals surface area contributed by atoms with Crippen LogP contribution in [0.2, 0.25) is 0 Å². The van der Waals surface area contributed by atoms with Crippen LogP contribution in [0.5, 0.6) is 5.88 Å². The maximum atomic E-state index is 11.6. The minimum atomic E-state index is -0.310. The van der Waals surface area contributed by atoms with E-state index in [1.54, 1.807) is 19.2 Å². The van der Waals surface area contributed by atoms with Crippen molar-refractivity contribution in [1.82, 2.24) is 9.55 Å². The summed E-state index contributed by atoms with van der Waals surface area (Å²) in [5.74, 6) is -0.0437. The predicted molar refractivity (Wildman–Crippen MR) is 74.9 cm³/mol. The summed E-state index contributed by atoms with van der Waals surface area (Å²) in [4.78, 5) is 18.5. The Hall–Kier alpha value is -2.56. The molecule has 2 heterocycles. The average Bonchev–Trinajstić information content (AvgIpc) is 2.93. The number of benzene rings is 1. The van der Waals surface area contributed by atoms with Gasteiger partial charge in [0.25, 0.3) is 0 Å². The van der Waals surface area contributed by atoms with E-state index in [1.807, 2.05) is 24.3 Å². The van der Waals surface area contributed by atoms with E-state index < -0.39 is 0 Å². The standard InChI is InChI=1S/C14H13N3O2/c1-2-17-13(18)12(16-14(17)19)7-9-8-15-11-6-4-3-5-10(9)11/h3-8,18H,2H2,1H3,(H,16,19)/b9-7+. The normalized spacial score (nSPS) is 15.1. The van der Waals surface area contributed by atoms with E-state index in [-0.39, 0.29) is 11.6 Å². The fraction of sp³-hybridized carbons (Fsp3) is 0.143. The van der Waals surface area contributed by atoms with Crippen molar-refractivity contribution in [2.45, 2.75) is 13.5 Å². The van der Waals surface area contributed by atoms with Crippen molar-refractivity contribution in [2.75, 3.05) is 0 Å². The zero-order valence-corrected chi connectivity index (χ0v) is 10.4. The molecule has 96 valence electrons. The molecule has 0 fully saturated rings. The molecule has 0 bridgehead atoms. The van der Waals surface area contributed by atoms with E-state index in [9.17, 15) is 9.90 Å². The van der Waals surface area contributed by atoms with Crippen molar-refractivity contribution >= 4 is 23.6 Å². The van der Waals surface area contributed by atoms with Crippen LogP contribution in [-0.2, 0) is 6.54 Å². The van der Waals surface area contributed by atoms with E-state index in [2.05, 4.69) is 9.98 Å². The molecule has 0 saturated heterocycles. The van der Waals surface area contributed by atoms with Gasteiger partial charge in [-0.2, -0.15) is 0 Å². The van der Waals surface area contributed by atoms with E-state index in [0.29, 0.717) is 12.2 Å². The lowest BCUT2D eigenvalue weighted by atomic mass is 10.1. The number of rotatable bonds is 2. The summed E-state index contributed by atoms with van der Waals surface area (Å²) >= 11 is 0. The van der Waals surface area contributed by atoms with Gasteiger partial charge >= 0.3 is 5.69 Å². The first-order valence-electron chi connectivity index (χ1n) is 6.07. The molecular formula is C14H13N3O2. The van der Waals surface area contributed by atoms with Crippen molar-refractivity contribution < 1.29 is 5.11 Å². The van der Waals surface area contributed by atoms with Gasteiger partial charge < -0.3 is 10.1 Å². The molecular weight excluding hydrogens is 242 g/mol. The third-order valence-corrected chi connectivity index (χ3v) is 3.16. The highest BCUT2D eigenvalue weighted by Crippen LogP contribution is 2.32. The number of aliphatic imine (C=N–C) groups is 1. The van der Waals surface area contributed by atoms with Crippen molar-refractivity contribution in [2.24, 2.45) is 4.99 Å². The van der Waals surface area contributed by atoms with E-state index >= 15 is 0 Å². The van der Waals surface area contributed by atoms with Gasteiger partial charge in [-0.15, -0.1) is 0 Å². The SMILES string of the molecule is CCn1c(O)c(/C=C2\C=Nc3ccccc32)[nH]c1=O. The number of hydrogen-bond donors (Lipinski definition) is 2. The number of allylic oxidation sites excluding steroid dienone is 1. The van der Waals surface area contributed by atoms with Gasteiger partial charge in [0.1, 0.15) is 5.69 Å². The monoisotopic (exact) mass is 255 g/mol. The minimum absolute atomic E-state index is 0.0437. The number of aromatic amines is 1. The number of aromatic hydroxyl groups is 1. The second-order valence-electron chi connectivity index (χ2n) is 4.29. The zero-order chi connectivity index (χ0) is 13.4. The number of hydrogen-bond acceptors (Lipinski definition) is 3. The van der Waals surface area contributed by atoms with Crippen molar-refractivity contribution in [3.05, 3.63) is 46.0 Å². The summed E-state index contributed by atoms with van der Waals surface area (Å²) in [7, 11) is 0. The Morgan fingerprint density at radius 1 is 1.42 bits per heavy atom. The number of nitrogens with one attached hydrogen (secondary N) is 1. The van der Waals surface area contributed by atoms with Crippen LogP contribution in [0.15, 0.2) is 34.1 Å². The Balaban J connectivity index is 2.10. The summed E-state index contributed by atoms with van der Waals surface area (Å²) in [6.45, 7) is 2.23. The van der Waals surface area contributed by atoms with E-state index in [1.165, 1.54) is 4.57 Å². The first-order chi connectivity index (χ1) is 9.20. The molecule has 0 radical (unpaired) electrons. The Bertz CT molecular complexity index is 750. The number of para-hydroxylation sites is 1. The number of imidazole rings is 1. The molecule has 3 rings (SSSR count). The van der Waals surface area contributed by atoms with Gasteiger partial charge in [0.05, 0.1) is 5.69 Å². The van der Waals surface area contributed by atoms with Crippen LogP contribution in [0.1, 0.15) is 18.2 Å². The van der Waals surface area contributed by atoms with Crippen LogP contribution in [0.25, 0.3) is 11.6 Å². The third kappa shape index (κ3) is 1.79. The molecule has 0 aliphatic carbocycles. The van der Waals surface area contributed by atoms with E-state index in [0.717, 1.165) is 16.8 Å². The van der Waals surface area contributed by atoms with Crippen LogP contribution in [0.4, 0.5) is 5.69 Å². The summed E-state index contributed by atoms with van der Waals surface area (Å²) in [5, 5.41) is 9.96. The molecule has 1 aromatic carbocycles. The number of H-pyrrole nitrogens is 1. The van der Waals surface area contributed by atoms with Crippen LogP contribution in [0.3, 0.4) is 0 Å². The molecule has 1 aromatic heterocycles. The summed E-state index contributed by atoms with van der Waals surface area (Å²) in [6.07, 6.45) is 3.46. The largest absolute Gasteiger partial charge is 0.493 e. The van der Waals surface area contributed by atoms with E-state index in [4.69, 9.17) is 0 Å². The maximum absolute atomic E-state index is 11.6. The van der Waals surface area contributed by atoms with Gasteiger partial charge in [-0.3, -0.25) is 9.56 Å².